The molecule has 8 rings (SSSR count). The van der Waals surface area contributed by atoms with E-state index in [1.165, 1.54) is 27.6 Å². The van der Waals surface area contributed by atoms with E-state index in [9.17, 15) is 24.4 Å². The van der Waals surface area contributed by atoms with Gasteiger partial charge in [-0.1, -0.05) is 93.6 Å². The number of benzene rings is 4. The summed E-state index contributed by atoms with van der Waals surface area (Å²) in [5, 5.41) is 15.0. The number of aromatic amines is 1. The number of hydrogen-bond acceptors (Lipinski definition) is 16. The minimum Gasteiger partial charge on any atom is -0.497 e. The van der Waals surface area contributed by atoms with E-state index in [1.54, 1.807) is 51.5 Å². The summed E-state index contributed by atoms with van der Waals surface area (Å²) in [5.74, 6) is -0.405. The number of carbonyl (C=O) groups is 2. The summed E-state index contributed by atoms with van der Waals surface area (Å²) in [4.78, 5) is 75.7. The van der Waals surface area contributed by atoms with Crippen LogP contribution in [0.15, 0.2) is 142 Å². The number of rotatable bonds is 26. The average Bonchev–Trinajstić information content (AvgIpc) is 3.18. The second-order valence-corrected chi connectivity index (χ2v) is 29.9. The number of nitriles is 1. The molecule has 0 aliphatic carbocycles. The number of carbonyl (C=O) groups excluding carboxylic acids is 2. The summed E-state index contributed by atoms with van der Waals surface area (Å²) in [6.45, 7) is 20.0. The summed E-state index contributed by atoms with van der Waals surface area (Å²) in [6, 6.07) is 37.1. The van der Waals surface area contributed by atoms with Gasteiger partial charge in [0.15, 0.2) is 14.5 Å². The van der Waals surface area contributed by atoms with Gasteiger partial charge in [-0.2, -0.15) is 10.2 Å². The number of nitrogens with zero attached hydrogens (tertiary/aromatic N) is 5. The molecule has 23 heteroatoms. The van der Waals surface area contributed by atoms with Gasteiger partial charge in [-0.3, -0.25) is 28.5 Å². The minimum atomic E-state index is -2.83. The van der Waals surface area contributed by atoms with Gasteiger partial charge in [0.1, 0.15) is 35.2 Å². The second-order valence-electron chi connectivity index (χ2n) is 23.8. The Balaban J connectivity index is 1.20. The molecule has 3 N–H and O–H groups in total. The molecule has 2 aromatic heterocycles. The Bertz CT molecular complexity index is 3450. The van der Waals surface area contributed by atoms with Crippen molar-refractivity contribution in [1.29, 1.82) is 5.26 Å². The Morgan fingerprint density at radius 1 is 0.839 bits per heavy atom. The van der Waals surface area contributed by atoms with Gasteiger partial charge in [0.25, 0.3) is 20.0 Å². The van der Waals surface area contributed by atoms with Crippen LogP contribution in [0.25, 0.3) is 0 Å². The van der Waals surface area contributed by atoms with Crippen LogP contribution < -0.4 is 37.0 Å². The first kappa shape index (κ1) is 65.8. The van der Waals surface area contributed by atoms with Gasteiger partial charge in [-0.15, -0.1) is 0 Å². The van der Waals surface area contributed by atoms with E-state index < -0.39 is 94.0 Å². The van der Waals surface area contributed by atoms with Crippen LogP contribution in [-0.4, -0.2) is 114 Å². The van der Waals surface area contributed by atoms with Crippen molar-refractivity contribution >= 4 is 34.5 Å². The van der Waals surface area contributed by atoms with Crippen LogP contribution in [0.5, 0.6) is 11.5 Å². The zero-order chi connectivity index (χ0) is 62.8. The van der Waals surface area contributed by atoms with Gasteiger partial charge in [-0.05, 0) is 112 Å². The number of aromatic nitrogens is 4. The van der Waals surface area contributed by atoms with Crippen molar-refractivity contribution in [3.8, 4) is 17.6 Å². The maximum absolute atomic E-state index is 15.2. The summed E-state index contributed by atoms with van der Waals surface area (Å²) < 4.78 is 57.9. The van der Waals surface area contributed by atoms with Crippen molar-refractivity contribution in [2.24, 2.45) is 5.92 Å². The topological polar surface area (TPSA) is 249 Å². The molecule has 87 heavy (non-hydrogen) atoms. The zero-order valence-corrected chi connectivity index (χ0v) is 53.4. The number of amides is 2. The van der Waals surface area contributed by atoms with E-state index in [1.807, 2.05) is 107 Å². The molecule has 21 nitrogen and oxygen atoms in total. The summed E-state index contributed by atoms with van der Waals surface area (Å²) >= 11 is 0. The van der Waals surface area contributed by atoms with Crippen LogP contribution in [-0.2, 0) is 38.1 Å². The summed E-state index contributed by atoms with van der Waals surface area (Å²) in [6.07, 6.45) is -2.62. The zero-order valence-electron chi connectivity index (χ0n) is 51.6. The first-order valence-corrected chi connectivity index (χ1v) is 33.3. The highest BCUT2D eigenvalue weighted by Gasteiger charge is 2.53. The van der Waals surface area contributed by atoms with Crippen LogP contribution in [0.2, 0.25) is 18.1 Å². The number of ether oxygens (including phenoxy) is 5. The van der Waals surface area contributed by atoms with Gasteiger partial charge in [0.05, 0.1) is 58.2 Å². The fraction of sp³-hybridized carbons (Fsp3) is 0.453. The van der Waals surface area contributed by atoms with Crippen molar-refractivity contribution in [3.05, 3.63) is 187 Å². The van der Waals surface area contributed by atoms with Gasteiger partial charge < -0.3 is 47.8 Å². The Labute approximate surface area is 510 Å². The molecule has 0 saturated carbocycles. The SMILES string of the molecule is COc1ccc(C(OC[C@H]2O[C@@H](n3ccc(NC(=O)c4ccccc4)nc3=O)[C@H](O[Si](C)(C)C(C)(C)C)[C@@H]2CC(=O)NC[C@H]2O[C@@H](n3cc(C)c(=O)[nH]c3=O)C[C@@H]2OP(OCCC#N)N(C(C)C)C(C)C)(c2ccccc2)c2ccc(OC)cc2)cc1. The van der Waals surface area contributed by atoms with Gasteiger partial charge in [-0.25, -0.2) is 14.3 Å². The lowest BCUT2D eigenvalue weighted by atomic mass is 9.79. The Morgan fingerprint density at radius 3 is 2.00 bits per heavy atom. The molecule has 2 amide bonds. The molecule has 0 radical (unpaired) electrons. The first-order valence-electron chi connectivity index (χ1n) is 29.2. The molecule has 0 spiro atoms. The number of aryl methyl sites for hydroxylation is 1. The normalized spacial score (nSPS) is 20.1. The Morgan fingerprint density at radius 2 is 1.44 bits per heavy atom. The van der Waals surface area contributed by atoms with Crippen LogP contribution in [0, 0.1) is 24.2 Å². The van der Waals surface area contributed by atoms with Crippen molar-refractivity contribution in [2.75, 3.05) is 39.3 Å². The van der Waals surface area contributed by atoms with Crippen molar-refractivity contribution < 1.29 is 46.7 Å². The number of nitrogens with one attached hydrogen (secondary N) is 3. The van der Waals surface area contributed by atoms with Crippen LogP contribution in [0.4, 0.5) is 5.82 Å². The fourth-order valence-corrected chi connectivity index (χ4v) is 13.8. The molecule has 6 aromatic rings. The molecule has 2 saturated heterocycles. The lowest BCUT2D eigenvalue weighted by Crippen LogP contribution is -2.49. The summed E-state index contributed by atoms with van der Waals surface area (Å²) in [7, 11) is -1.45. The second kappa shape index (κ2) is 28.8. The third-order valence-electron chi connectivity index (χ3n) is 16.2. The van der Waals surface area contributed by atoms with E-state index in [0.717, 1.165) is 16.7 Å². The molecule has 2 aliphatic heterocycles. The molecule has 2 aliphatic rings. The lowest BCUT2D eigenvalue weighted by Gasteiger charge is -2.41. The minimum absolute atomic E-state index is 0.0223. The van der Waals surface area contributed by atoms with E-state index in [2.05, 4.69) is 65.2 Å². The molecule has 4 heterocycles. The van der Waals surface area contributed by atoms with Crippen molar-refractivity contribution in [3.63, 3.8) is 0 Å². The highest BCUT2D eigenvalue weighted by Crippen LogP contribution is 2.51. The monoisotopic (exact) mass is 1230 g/mol. The van der Waals surface area contributed by atoms with Crippen molar-refractivity contribution in [1.82, 2.24) is 29.1 Å². The Kier molecular flexibility index (Phi) is 21.8. The maximum atomic E-state index is 15.2. The highest BCUT2D eigenvalue weighted by molar-refractivity contribution is 7.44. The van der Waals surface area contributed by atoms with E-state index in [4.69, 9.17) is 37.2 Å². The van der Waals surface area contributed by atoms with Gasteiger partial charge >= 0.3 is 11.4 Å². The molecule has 1 unspecified atom stereocenters. The quantitative estimate of drug-likeness (QED) is 0.0198. The number of hydrogen-bond donors (Lipinski definition) is 3. The molecule has 4 aromatic carbocycles. The molecular formula is C64H81N8O13PSi. The highest BCUT2D eigenvalue weighted by atomic mass is 31.2. The number of anilines is 1. The van der Waals surface area contributed by atoms with Gasteiger partial charge in [0.2, 0.25) is 5.91 Å². The Hall–Kier alpha value is -7.16. The molecule has 0 bridgehead atoms. The van der Waals surface area contributed by atoms with Crippen molar-refractivity contribution in [2.45, 2.75) is 147 Å². The number of methoxy groups -OCH3 is 2. The fourth-order valence-electron chi connectivity index (χ4n) is 10.7. The van der Waals surface area contributed by atoms with Gasteiger partial charge in [0, 0.05) is 60.9 Å². The lowest BCUT2D eigenvalue weighted by molar-refractivity contribution is -0.125. The molecular weight excluding hydrogens is 1150 g/mol. The first-order chi connectivity index (χ1) is 41.5. The maximum Gasteiger partial charge on any atom is 0.351 e. The van der Waals surface area contributed by atoms with Crippen LogP contribution in [0.1, 0.15) is 113 Å². The third kappa shape index (κ3) is 15.4. The standard InChI is InChI=1S/C64H81N8O13PSi/c1-41(2)72(42(3)4)86(81-35-19-33-65)84-51-37-56(71-39-43(5)58(74)69-62(71)77)82-52(51)38-66-55(73)36-50-53(40-80-64(45-22-17-14-18-23-45,46-24-28-48(78-9)29-25-46)47-26-30-49(79-10)31-27-47)83-60(57(50)85-87(11,12)63(6,7)8)70-34-32-54(68-61(70)76)67-59(75)44-20-15-13-16-21-44/h13-18,20-32,34,39,41-42,50-53,56-57,60H,19,35-38,40H2,1-12H3,(H,66,73)(H,69,74,77)(H,67,68,75,76)/t50-,51+,52-,53-,56-,57-,60-,86?/m1/s1. The predicted octanol–water partition coefficient (Wildman–Crippen LogP) is 9.74. The van der Waals surface area contributed by atoms with E-state index in [0.29, 0.717) is 22.6 Å². The van der Waals surface area contributed by atoms with E-state index >= 15 is 4.79 Å². The smallest absolute Gasteiger partial charge is 0.351 e. The molecule has 464 valence electrons. The molecule has 8 atom stereocenters. The largest absolute Gasteiger partial charge is 0.497 e. The third-order valence-corrected chi connectivity index (χ3v) is 22.8. The van der Waals surface area contributed by atoms with E-state index in [-0.39, 0.29) is 62.0 Å². The average molecular weight is 1230 g/mol. The number of H-pyrrole nitrogens is 1. The van der Waals surface area contributed by atoms with Crippen LogP contribution in [0.3, 0.4) is 0 Å². The molecule has 2 fully saturated rings. The predicted molar refractivity (Wildman–Crippen MR) is 333 cm³/mol. The summed E-state index contributed by atoms with van der Waals surface area (Å²) in [5.41, 5.74) is -0.313. The van der Waals surface area contributed by atoms with Crippen LogP contribution >= 0.6 is 8.53 Å².